The van der Waals surface area contributed by atoms with E-state index in [1.54, 1.807) is 0 Å². The third-order valence-corrected chi connectivity index (χ3v) is 2.34. The molecule has 0 unspecified atom stereocenters. The molecule has 0 saturated carbocycles. The lowest BCUT2D eigenvalue weighted by Gasteiger charge is -2.11. The molecule has 1 rings (SSSR count). The summed E-state index contributed by atoms with van der Waals surface area (Å²) in [5.41, 5.74) is 6.73. The monoisotopic (exact) mass is 271 g/mol. The van der Waals surface area contributed by atoms with Gasteiger partial charge in [-0.2, -0.15) is 0 Å². The Kier molecular flexibility index (Phi) is 7.74. The Morgan fingerprint density at radius 1 is 1.28 bits per heavy atom. The van der Waals surface area contributed by atoms with Crippen molar-refractivity contribution in [1.29, 1.82) is 0 Å². The lowest BCUT2D eigenvalue weighted by atomic mass is 10.1. The molecule has 1 aromatic carbocycles. The molecule has 0 aromatic heterocycles. The zero-order valence-corrected chi connectivity index (χ0v) is 11.0. The van der Waals surface area contributed by atoms with Gasteiger partial charge in [0.1, 0.15) is 0 Å². The molecule has 1 atom stereocenters. The fourth-order valence-electron chi connectivity index (χ4n) is 1.35. The Labute approximate surface area is 113 Å². The maximum atomic E-state index is 11.6. The first-order valence-corrected chi connectivity index (χ1v) is 5.41. The van der Waals surface area contributed by atoms with Crippen molar-refractivity contribution in [2.24, 2.45) is 5.73 Å². The van der Waals surface area contributed by atoms with E-state index in [1.165, 1.54) is 7.05 Å². The number of amides is 2. The van der Waals surface area contributed by atoms with Gasteiger partial charge in [-0.1, -0.05) is 30.3 Å². The largest absolute Gasteiger partial charge is 0.358 e. The third-order valence-electron chi connectivity index (χ3n) is 2.34. The number of nitrogens with two attached hydrogens (primary N) is 1. The number of carbonyl (C=O) groups is 2. The molecule has 5 nitrogen and oxygen atoms in total. The summed E-state index contributed by atoms with van der Waals surface area (Å²) in [5.74, 6) is -0.567. The fraction of sp³-hybridized carbons (Fsp3) is 0.333. The quantitative estimate of drug-likeness (QED) is 0.696. The van der Waals surface area contributed by atoms with E-state index in [0.717, 1.165) is 5.56 Å². The first-order chi connectivity index (χ1) is 8.13. The van der Waals surface area contributed by atoms with Crippen LogP contribution in [0.2, 0.25) is 0 Å². The third kappa shape index (κ3) is 5.65. The summed E-state index contributed by atoms with van der Waals surface area (Å²) >= 11 is 0. The van der Waals surface area contributed by atoms with Crippen LogP contribution in [0.1, 0.15) is 5.56 Å². The fourth-order valence-corrected chi connectivity index (χ4v) is 1.35. The van der Waals surface area contributed by atoms with Gasteiger partial charge >= 0.3 is 0 Å². The van der Waals surface area contributed by atoms with Gasteiger partial charge in [0.25, 0.3) is 0 Å². The van der Waals surface area contributed by atoms with Crippen LogP contribution >= 0.6 is 12.4 Å². The van der Waals surface area contributed by atoms with Crippen molar-refractivity contribution in [1.82, 2.24) is 10.6 Å². The highest BCUT2D eigenvalue weighted by Gasteiger charge is 2.14. The van der Waals surface area contributed by atoms with Gasteiger partial charge in [0.15, 0.2) is 0 Å². The van der Waals surface area contributed by atoms with Gasteiger partial charge in [0.05, 0.1) is 12.6 Å². The van der Waals surface area contributed by atoms with Crippen LogP contribution in [0.25, 0.3) is 0 Å². The zero-order valence-electron chi connectivity index (χ0n) is 10.2. The Bertz CT molecular complexity index is 384. The van der Waals surface area contributed by atoms with Crippen LogP contribution in [-0.2, 0) is 16.0 Å². The smallest absolute Gasteiger partial charge is 0.239 e. The highest BCUT2D eigenvalue weighted by Crippen LogP contribution is 2.01. The van der Waals surface area contributed by atoms with Gasteiger partial charge < -0.3 is 16.4 Å². The van der Waals surface area contributed by atoms with Crippen LogP contribution in [0.5, 0.6) is 0 Å². The minimum Gasteiger partial charge on any atom is -0.358 e. The highest BCUT2D eigenvalue weighted by atomic mass is 35.5. The zero-order chi connectivity index (χ0) is 12.7. The van der Waals surface area contributed by atoms with Crippen molar-refractivity contribution in [3.05, 3.63) is 35.9 Å². The predicted molar refractivity (Wildman–Crippen MR) is 72.4 cm³/mol. The number of benzene rings is 1. The van der Waals surface area contributed by atoms with E-state index in [1.807, 2.05) is 30.3 Å². The minimum atomic E-state index is -0.637. The van der Waals surface area contributed by atoms with Gasteiger partial charge in [-0.15, -0.1) is 12.4 Å². The van der Waals surface area contributed by atoms with E-state index >= 15 is 0 Å². The molecule has 0 fully saturated rings. The second-order valence-corrected chi connectivity index (χ2v) is 3.69. The molecule has 0 spiro atoms. The molecule has 1 aromatic rings. The topological polar surface area (TPSA) is 84.2 Å². The Morgan fingerprint density at radius 2 is 1.89 bits per heavy atom. The molecule has 0 aliphatic heterocycles. The molecule has 0 aliphatic rings. The minimum absolute atomic E-state index is 0. The maximum absolute atomic E-state index is 11.6. The van der Waals surface area contributed by atoms with Crippen molar-refractivity contribution in [2.75, 3.05) is 13.6 Å². The normalized spacial score (nSPS) is 11.0. The number of halogens is 1. The maximum Gasteiger partial charge on any atom is 0.239 e. The van der Waals surface area contributed by atoms with Gasteiger partial charge in [0.2, 0.25) is 11.8 Å². The second-order valence-electron chi connectivity index (χ2n) is 3.69. The van der Waals surface area contributed by atoms with E-state index in [0.29, 0.717) is 6.42 Å². The molecule has 4 N–H and O–H groups in total. The van der Waals surface area contributed by atoms with Crippen LogP contribution in [0.15, 0.2) is 30.3 Å². The summed E-state index contributed by atoms with van der Waals surface area (Å²) in [6, 6.07) is 8.87. The number of likely N-dealkylation sites (N-methyl/N-ethyl adjacent to an activating group) is 1. The van der Waals surface area contributed by atoms with Crippen LogP contribution in [0, 0.1) is 0 Å². The molecule has 100 valence electrons. The van der Waals surface area contributed by atoms with Crippen molar-refractivity contribution < 1.29 is 9.59 Å². The van der Waals surface area contributed by atoms with E-state index in [2.05, 4.69) is 10.6 Å². The second kappa shape index (κ2) is 8.49. The van der Waals surface area contributed by atoms with Crippen molar-refractivity contribution in [3.8, 4) is 0 Å². The van der Waals surface area contributed by atoms with E-state index < -0.39 is 6.04 Å². The Balaban J connectivity index is 0.00000289. The molecule has 0 heterocycles. The summed E-state index contributed by atoms with van der Waals surface area (Å²) in [6.07, 6.45) is 0.459. The van der Waals surface area contributed by atoms with Crippen molar-refractivity contribution in [2.45, 2.75) is 12.5 Å². The van der Waals surface area contributed by atoms with Crippen molar-refractivity contribution in [3.63, 3.8) is 0 Å². The average Bonchev–Trinajstić information content (AvgIpc) is 2.36. The standard InChI is InChI=1S/C12H17N3O2.ClH/c1-14-11(16)8-15-12(17)10(13)7-9-5-3-2-4-6-9;/h2-6,10H,7-8,13H2,1H3,(H,14,16)(H,15,17);1H/t10-;/m0./s1. The van der Waals surface area contributed by atoms with Crippen LogP contribution in [0.4, 0.5) is 0 Å². The molecule has 18 heavy (non-hydrogen) atoms. The molecule has 0 aliphatic carbocycles. The molecule has 0 radical (unpaired) electrons. The number of hydrogen-bond donors (Lipinski definition) is 3. The molecular formula is C12H18ClN3O2. The lowest BCUT2D eigenvalue weighted by molar-refractivity contribution is -0.126. The molecule has 2 amide bonds. The van der Waals surface area contributed by atoms with E-state index in [-0.39, 0.29) is 30.8 Å². The summed E-state index contributed by atoms with van der Waals surface area (Å²) in [5, 5.41) is 4.89. The van der Waals surface area contributed by atoms with E-state index in [9.17, 15) is 9.59 Å². The van der Waals surface area contributed by atoms with Gasteiger partial charge in [-0.3, -0.25) is 9.59 Å². The SMILES string of the molecule is CNC(=O)CNC(=O)[C@@H](N)Cc1ccccc1.Cl. The first-order valence-electron chi connectivity index (χ1n) is 5.41. The number of carbonyl (C=O) groups excluding carboxylic acids is 2. The van der Waals surface area contributed by atoms with Crippen LogP contribution in [-0.4, -0.2) is 31.4 Å². The van der Waals surface area contributed by atoms with Gasteiger partial charge in [-0.25, -0.2) is 0 Å². The van der Waals surface area contributed by atoms with Crippen LogP contribution < -0.4 is 16.4 Å². The highest BCUT2D eigenvalue weighted by molar-refractivity contribution is 5.87. The van der Waals surface area contributed by atoms with E-state index in [4.69, 9.17) is 5.73 Å². The molecular weight excluding hydrogens is 254 g/mol. The van der Waals surface area contributed by atoms with Crippen molar-refractivity contribution >= 4 is 24.2 Å². The Morgan fingerprint density at radius 3 is 2.44 bits per heavy atom. The number of nitrogens with one attached hydrogen (secondary N) is 2. The molecule has 0 saturated heterocycles. The summed E-state index contributed by atoms with van der Waals surface area (Å²) in [4.78, 5) is 22.5. The van der Waals surface area contributed by atoms with Gasteiger partial charge in [-0.05, 0) is 12.0 Å². The summed E-state index contributed by atoms with van der Waals surface area (Å²) < 4.78 is 0. The summed E-state index contributed by atoms with van der Waals surface area (Å²) in [7, 11) is 1.51. The predicted octanol–water partition coefficient (Wildman–Crippen LogP) is -0.160. The first kappa shape index (κ1) is 16.4. The van der Waals surface area contributed by atoms with Gasteiger partial charge in [0, 0.05) is 7.05 Å². The molecule has 6 heteroatoms. The average molecular weight is 272 g/mol. The Hall–Kier alpha value is -1.59. The van der Waals surface area contributed by atoms with Crippen LogP contribution in [0.3, 0.4) is 0 Å². The molecule has 0 bridgehead atoms. The lowest BCUT2D eigenvalue weighted by Crippen LogP contribution is -2.45. The number of hydrogen-bond acceptors (Lipinski definition) is 3. The summed E-state index contributed by atoms with van der Waals surface area (Å²) in [6.45, 7) is -0.0438. The number of rotatable bonds is 5.